The summed E-state index contributed by atoms with van der Waals surface area (Å²) < 4.78 is 11.2. The van der Waals surface area contributed by atoms with E-state index >= 15 is 0 Å². The van der Waals surface area contributed by atoms with Crippen LogP contribution < -0.4 is 0 Å². The van der Waals surface area contributed by atoms with Crippen LogP contribution in [0.3, 0.4) is 0 Å². The lowest BCUT2D eigenvalue weighted by atomic mass is 9.88. The van der Waals surface area contributed by atoms with Gasteiger partial charge in [-0.25, -0.2) is 4.79 Å². The average molecular weight is 322 g/mol. The number of piperazine rings is 1. The summed E-state index contributed by atoms with van der Waals surface area (Å²) in [6.45, 7) is 12.5. The Morgan fingerprint density at radius 3 is 2.48 bits per heavy atom. The molecule has 2 aliphatic heterocycles. The minimum absolute atomic E-state index is 0.0764. The van der Waals surface area contributed by atoms with Crippen LogP contribution in [-0.2, 0) is 9.47 Å². The molecule has 0 unspecified atom stereocenters. The number of carbonyl (C=O) groups excluding carboxylic acids is 1. The zero-order valence-electron chi connectivity index (χ0n) is 15.0. The molecule has 2 aliphatic rings. The van der Waals surface area contributed by atoms with Crippen molar-refractivity contribution in [1.29, 1.82) is 0 Å². The molecule has 0 bridgehead atoms. The number of rotatable bonds is 2. The Balaban J connectivity index is 1.79. The van der Waals surface area contributed by atoms with E-state index in [1.165, 1.54) is 0 Å². The highest BCUT2D eigenvalue weighted by Gasteiger charge is 2.35. The van der Waals surface area contributed by atoms with E-state index in [0.29, 0.717) is 19.7 Å². The monoisotopic (exact) mass is 322 g/mol. The van der Waals surface area contributed by atoms with Crippen molar-refractivity contribution in [2.24, 2.45) is 0 Å². The zero-order valence-corrected chi connectivity index (χ0v) is 15.0. The van der Waals surface area contributed by atoms with Crippen molar-refractivity contribution in [2.75, 3.05) is 39.3 Å². The quantitative estimate of drug-likeness (QED) is 0.733. The van der Waals surface area contributed by atoms with Crippen molar-refractivity contribution in [3.63, 3.8) is 0 Å². The van der Waals surface area contributed by atoms with Gasteiger partial charge in [-0.15, -0.1) is 0 Å². The molecule has 5 heteroatoms. The molecule has 0 radical (unpaired) electrons. The van der Waals surface area contributed by atoms with Gasteiger partial charge in [-0.3, -0.25) is 4.90 Å². The number of amides is 1. The number of carbonyl (C=O) groups is 1. The maximum atomic E-state index is 11.7. The maximum absolute atomic E-state index is 11.7. The van der Waals surface area contributed by atoms with Gasteiger partial charge in [0.2, 0.25) is 0 Å². The maximum Gasteiger partial charge on any atom is 0.409 e. The van der Waals surface area contributed by atoms with Crippen molar-refractivity contribution in [2.45, 2.75) is 58.2 Å². The van der Waals surface area contributed by atoms with Crippen LogP contribution in [-0.4, -0.2) is 66.4 Å². The lowest BCUT2D eigenvalue weighted by Crippen LogP contribution is -2.49. The second-order valence-corrected chi connectivity index (χ2v) is 7.21. The molecule has 5 nitrogen and oxygen atoms in total. The van der Waals surface area contributed by atoms with E-state index in [1.54, 1.807) is 4.90 Å². The fourth-order valence-electron chi connectivity index (χ4n) is 3.29. The van der Waals surface area contributed by atoms with Crippen LogP contribution in [0.4, 0.5) is 4.79 Å². The van der Waals surface area contributed by atoms with Crippen molar-refractivity contribution >= 4 is 6.09 Å². The Morgan fingerprint density at radius 2 is 1.87 bits per heavy atom. The highest BCUT2D eigenvalue weighted by atomic mass is 16.6. The summed E-state index contributed by atoms with van der Waals surface area (Å²) >= 11 is 0. The second kappa shape index (κ2) is 7.55. The molecule has 0 saturated carbocycles. The minimum atomic E-state index is -0.325. The number of nitrogens with zero attached hydrogens (tertiary/aromatic N) is 2. The second-order valence-electron chi connectivity index (χ2n) is 7.21. The minimum Gasteiger partial charge on any atom is -0.450 e. The molecule has 0 aliphatic carbocycles. The Kier molecular flexibility index (Phi) is 5.94. The van der Waals surface area contributed by atoms with Crippen LogP contribution in [0.5, 0.6) is 0 Å². The summed E-state index contributed by atoms with van der Waals surface area (Å²) in [5.41, 5.74) is -0.401. The van der Waals surface area contributed by atoms with Crippen LogP contribution in [0.15, 0.2) is 0 Å². The van der Waals surface area contributed by atoms with Crippen molar-refractivity contribution in [1.82, 2.24) is 9.80 Å². The summed E-state index contributed by atoms with van der Waals surface area (Å²) in [5.74, 6) is 6.62. The van der Waals surface area contributed by atoms with E-state index < -0.39 is 0 Å². The highest BCUT2D eigenvalue weighted by molar-refractivity contribution is 5.67. The largest absolute Gasteiger partial charge is 0.450 e. The van der Waals surface area contributed by atoms with Gasteiger partial charge in [0.25, 0.3) is 0 Å². The molecule has 2 heterocycles. The van der Waals surface area contributed by atoms with Gasteiger partial charge in [-0.05, 0) is 47.0 Å². The van der Waals surface area contributed by atoms with E-state index in [1.807, 2.05) is 6.92 Å². The summed E-state index contributed by atoms with van der Waals surface area (Å²) in [5, 5.41) is 0. The first-order valence-electron chi connectivity index (χ1n) is 8.68. The first kappa shape index (κ1) is 18.1. The van der Waals surface area contributed by atoms with Gasteiger partial charge in [-0.2, -0.15) is 0 Å². The number of hydrogen-bond donors (Lipinski definition) is 0. The van der Waals surface area contributed by atoms with Gasteiger partial charge in [0.1, 0.15) is 5.60 Å². The zero-order chi connectivity index (χ0) is 16.9. The summed E-state index contributed by atoms with van der Waals surface area (Å²) in [6, 6.07) is 0. The third-order valence-electron chi connectivity index (χ3n) is 4.49. The molecule has 2 fully saturated rings. The van der Waals surface area contributed by atoms with Gasteiger partial charge in [-0.1, -0.05) is 11.8 Å². The Morgan fingerprint density at radius 1 is 1.17 bits per heavy atom. The van der Waals surface area contributed by atoms with Crippen LogP contribution in [0.1, 0.15) is 47.0 Å². The molecule has 2 rings (SSSR count). The van der Waals surface area contributed by atoms with E-state index in [2.05, 4.69) is 37.5 Å². The molecular weight excluding hydrogens is 292 g/mol. The van der Waals surface area contributed by atoms with Gasteiger partial charge in [0.15, 0.2) is 0 Å². The molecule has 0 N–H and O–H groups in total. The van der Waals surface area contributed by atoms with E-state index in [4.69, 9.17) is 9.47 Å². The third kappa shape index (κ3) is 5.40. The SMILES string of the molecule is CCOC(=O)N1CCN(CC#C[C@]2(C)CCCC(C)(C)O2)CC1. The predicted molar refractivity (Wildman–Crippen MR) is 90.2 cm³/mol. The van der Waals surface area contributed by atoms with Crippen LogP contribution in [0, 0.1) is 11.8 Å². The van der Waals surface area contributed by atoms with Crippen molar-refractivity contribution in [3.8, 4) is 11.8 Å². The fourth-order valence-corrected chi connectivity index (χ4v) is 3.29. The molecule has 2 saturated heterocycles. The molecule has 130 valence electrons. The molecular formula is C18H30N2O3. The smallest absolute Gasteiger partial charge is 0.409 e. The van der Waals surface area contributed by atoms with Crippen LogP contribution in [0.2, 0.25) is 0 Å². The van der Waals surface area contributed by atoms with Gasteiger partial charge < -0.3 is 14.4 Å². The van der Waals surface area contributed by atoms with Crippen LogP contribution >= 0.6 is 0 Å². The van der Waals surface area contributed by atoms with Crippen molar-refractivity contribution in [3.05, 3.63) is 0 Å². The Labute approximate surface area is 140 Å². The molecule has 0 aromatic rings. The molecule has 1 atom stereocenters. The van der Waals surface area contributed by atoms with Gasteiger partial charge in [0.05, 0.1) is 18.8 Å². The van der Waals surface area contributed by atoms with E-state index in [0.717, 1.165) is 38.9 Å². The molecule has 23 heavy (non-hydrogen) atoms. The molecule has 0 spiro atoms. The normalized spacial score (nSPS) is 27.9. The van der Waals surface area contributed by atoms with Gasteiger partial charge >= 0.3 is 6.09 Å². The summed E-state index contributed by atoms with van der Waals surface area (Å²) in [4.78, 5) is 15.7. The standard InChI is InChI=1S/C18H30N2O3/c1-5-22-16(21)20-14-12-19(13-15-20)11-7-10-18(4)9-6-8-17(2,3)23-18/h5-6,8-9,11-15H2,1-4H3/t18-/m0/s1. The Bertz CT molecular complexity index is 472. The lowest BCUT2D eigenvalue weighted by molar-refractivity contribution is -0.135. The van der Waals surface area contributed by atoms with Crippen molar-refractivity contribution < 1.29 is 14.3 Å². The van der Waals surface area contributed by atoms with Crippen LogP contribution in [0.25, 0.3) is 0 Å². The summed E-state index contributed by atoms with van der Waals surface area (Å²) in [6.07, 6.45) is 3.06. The Hall–Kier alpha value is -1.25. The van der Waals surface area contributed by atoms with Gasteiger partial charge in [0, 0.05) is 26.2 Å². The predicted octanol–water partition coefficient (Wildman–Crippen LogP) is 2.50. The number of hydrogen-bond acceptors (Lipinski definition) is 4. The molecule has 0 aromatic heterocycles. The van der Waals surface area contributed by atoms with E-state index in [9.17, 15) is 4.79 Å². The lowest BCUT2D eigenvalue weighted by Gasteiger charge is -2.40. The first-order chi connectivity index (χ1) is 10.8. The highest BCUT2D eigenvalue weighted by Crippen LogP contribution is 2.34. The van der Waals surface area contributed by atoms with E-state index in [-0.39, 0.29) is 17.3 Å². The molecule has 1 amide bonds. The fraction of sp³-hybridized carbons (Fsp3) is 0.833. The summed E-state index contributed by atoms with van der Waals surface area (Å²) in [7, 11) is 0. The first-order valence-corrected chi connectivity index (χ1v) is 8.68. The average Bonchev–Trinajstić information content (AvgIpc) is 2.46. The topological polar surface area (TPSA) is 42.0 Å². The molecule has 0 aromatic carbocycles. The third-order valence-corrected chi connectivity index (χ3v) is 4.49. The number of ether oxygens (including phenoxy) is 2.